The minimum absolute atomic E-state index is 0.622. The number of methoxy groups -OCH3 is 1. The molecule has 0 aliphatic heterocycles. The smallest absolute Gasteiger partial charge is 0.0462 e. The van der Waals surface area contributed by atoms with E-state index in [1.54, 1.807) is 7.11 Å². The van der Waals surface area contributed by atoms with Crippen LogP contribution in [0.2, 0.25) is 0 Å². The average Bonchev–Trinajstić information content (AvgIpc) is 2.43. The lowest BCUT2D eigenvalue weighted by Gasteiger charge is -2.18. The number of hydrogen-bond donors (Lipinski definition) is 1. The zero-order chi connectivity index (χ0) is 13.9. The van der Waals surface area contributed by atoms with Crippen molar-refractivity contribution in [2.75, 3.05) is 20.3 Å². The summed E-state index contributed by atoms with van der Waals surface area (Å²) in [7, 11) is 1.78. The first kappa shape index (κ1) is 16.2. The fourth-order valence-corrected chi connectivity index (χ4v) is 2.27. The number of nitrogens with one attached hydrogen (secondary N) is 1. The first-order chi connectivity index (χ1) is 9.26. The van der Waals surface area contributed by atoms with Crippen molar-refractivity contribution < 1.29 is 4.74 Å². The van der Waals surface area contributed by atoms with Crippen molar-refractivity contribution in [3.05, 3.63) is 35.4 Å². The maximum atomic E-state index is 5.14. The SMILES string of the molecule is CCCNC(CCCOC)CCc1ccc(C)cc1. The Morgan fingerprint density at radius 1 is 1.16 bits per heavy atom. The molecule has 1 unspecified atom stereocenters. The molecule has 19 heavy (non-hydrogen) atoms. The third kappa shape index (κ3) is 7.34. The summed E-state index contributed by atoms with van der Waals surface area (Å²) in [6.45, 7) is 6.35. The summed E-state index contributed by atoms with van der Waals surface area (Å²) in [6, 6.07) is 9.53. The summed E-state index contributed by atoms with van der Waals surface area (Å²) in [5, 5.41) is 3.65. The third-order valence-corrected chi connectivity index (χ3v) is 3.49. The van der Waals surface area contributed by atoms with E-state index in [1.165, 1.54) is 30.4 Å². The summed E-state index contributed by atoms with van der Waals surface area (Å²) < 4.78 is 5.14. The summed E-state index contributed by atoms with van der Waals surface area (Å²) in [5.74, 6) is 0. The first-order valence-electron chi connectivity index (χ1n) is 7.54. The van der Waals surface area contributed by atoms with E-state index in [4.69, 9.17) is 4.74 Å². The molecule has 0 aliphatic rings. The van der Waals surface area contributed by atoms with E-state index >= 15 is 0 Å². The molecule has 1 atom stereocenters. The fourth-order valence-electron chi connectivity index (χ4n) is 2.27. The number of rotatable bonds is 10. The topological polar surface area (TPSA) is 21.3 Å². The summed E-state index contributed by atoms with van der Waals surface area (Å²) in [4.78, 5) is 0. The van der Waals surface area contributed by atoms with Crippen molar-refractivity contribution in [2.24, 2.45) is 0 Å². The Labute approximate surface area is 118 Å². The summed E-state index contributed by atoms with van der Waals surface area (Å²) in [5.41, 5.74) is 2.78. The Balaban J connectivity index is 2.35. The molecular weight excluding hydrogens is 234 g/mol. The lowest BCUT2D eigenvalue weighted by molar-refractivity contribution is 0.188. The lowest BCUT2D eigenvalue weighted by Crippen LogP contribution is -2.30. The van der Waals surface area contributed by atoms with Crippen LogP contribution in [0.1, 0.15) is 43.7 Å². The predicted molar refractivity (Wildman–Crippen MR) is 82.7 cm³/mol. The minimum Gasteiger partial charge on any atom is -0.385 e. The van der Waals surface area contributed by atoms with Crippen LogP contribution in [0.4, 0.5) is 0 Å². The second-order valence-electron chi connectivity index (χ2n) is 5.31. The van der Waals surface area contributed by atoms with Gasteiger partial charge < -0.3 is 10.1 Å². The zero-order valence-corrected chi connectivity index (χ0v) is 12.7. The molecule has 1 N–H and O–H groups in total. The third-order valence-electron chi connectivity index (χ3n) is 3.49. The number of hydrogen-bond acceptors (Lipinski definition) is 2. The second-order valence-corrected chi connectivity index (χ2v) is 5.31. The standard InChI is InChI=1S/C17H29NO/c1-4-13-18-17(6-5-14-19-3)12-11-16-9-7-15(2)8-10-16/h7-10,17-18H,4-6,11-14H2,1-3H3. The van der Waals surface area contributed by atoms with Crippen LogP contribution in [0, 0.1) is 6.92 Å². The molecule has 0 aliphatic carbocycles. The van der Waals surface area contributed by atoms with Gasteiger partial charge in [-0.3, -0.25) is 0 Å². The quantitative estimate of drug-likeness (QED) is 0.650. The molecule has 1 aromatic carbocycles. The first-order valence-corrected chi connectivity index (χ1v) is 7.54. The largest absolute Gasteiger partial charge is 0.385 e. The van der Waals surface area contributed by atoms with E-state index in [0.717, 1.165) is 26.0 Å². The number of aryl methyl sites for hydroxylation is 2. The highest BCUT2D eigenvalue weighted by atomic mass is 16.5. The molecule has 0 amide bonds. The van der Waals surface area contributed by atoms with Crippen molar-refractivity contribution in [1.29, 1.82) is 0 Å². The molecule has 0 saturated heterocycles. The van der Waals surface area contributed by atoms with Crippen LogP contribution >= 0.6 is 0 Å². The molecule has 1 aromatic rings. The molecule has 0 heterocycles. The summed E-state index contributed by atoms with van der Waals surface area (Å²) in [6.07, 6.45) is 5.93. The second kappa shape index (κ2) is 9.99. The highest BCUT2D eigenvalue weighted by Gasteiger charge is 2.07. The van der Waals surface area contributed by atoms with E-state index in [1.807, 2.05) is 0 Å². The van der Waals surface area contributed by atoms with Gasteiger partial charge in [0.1, 0.15) is 0 Å². The van der Waals surface area contributed by atoms with Crippen LogP contribution in [0.3, 0.4) is 0 Å². The van der Waals surface area contributed by atoms with Gasteiger partial charge in [-0.05, 0) is 51.1 Å². The van der Waals surface area contributed by atoms with Gasteiger partial charge in [0.15, 0.2) is 0 Å². The Morgan fingerprint density at radius 2 is 1.89 bits per heavy atom. The Morgan fingerprint density at radius 3 is 2.53 bits per heavy atom. The molecule has 0 radical (unpaired) electrons. The van der Waals surface area contributed by atoms with E-state index < -0.39 is 0 Å². The van der Waals surface area contributed by atoms with Gasteiger partial charge >= 0.3 is 0 Å². The van der Waals surface area contributed by atoms with Gasteiger partial charge in [0.05, 0.1) is 0 Å². The molecule has 2 nitrogen and oxygen atoms in total. The van der Waals surface area contributed by atoms with Gasteiger partial charge in [-0.1, -0.05) is 36.8 Å². The molecule has 0 bridgehead atoms. The lowest BCUT2D eigenvalue weighted by atomic mass is 10.0. The maximum Gasteiger partial charge on any atom is 0.0462 e. The van der Waals surface area contributed by atoms with E-state index in [0.29, 0.717) is 6.04 Å². The monoisotopic (exact) mass is 263 g/mol. The molecule has 108 valence electrons. The highest BCUT2D eigenvalue weighted by Crippen LogP contribution is 2.10. The maximum absolute atomic E-state index is 5.14. The fraction of sp³-hybridized carbons (Fsp3) is 0.647. The van der Waals surface area contributed by atoms with E-state index in [9.17, 15) is 0 Å². The van der Waals surface area contributed by atoms with Crippen molar-refractivity contribution in [3.8, 4) is 0 Å². The van der Waals surface area contributed by atoms with Gasteiger partial charge in [0, 0.05) is 19.8 Å². The molecular formula is C17H29NO. The molecule has 1 rings (SSSR count). The van der Waals surface area contributed by atoms with Gasteiger partial charge in [-0.25, -0.2) is 0 Å². The van der Waals surface area contributed by atoms with Gasteiger partial charge in [-0.2, -0.15) is 0 Å². The van der Waals surface area contributed by atoms with Crippen molar-refractivity contribution in [3.63, 3.8) is 0 Å². The minimum atomic E-state index is 0.622. The Kier molecular flexibility index (Phi) is 8.52. The zero-order valence-electron chi connectivity index (χ0n) is 12.7. The number of benzene rings is 1. The van der Waals surface area contributed by atoms with Crippen LogP contribution in [-0.4, -0.2) is 26.3 Å². The Hall–Kier alpha value is -0.860. The highest BCUT2D eigenvalue weighted by molar-refractivity contribution is 5.21. The van der Waals surface area contributed by atoms with Crippen LogP contribution in [-0.2, 0) is 11.2 Å². The van der Waals surface area contributed by atoms with Crippen LogP contribution in [0.15, 0.2) is 24.3 Å². The van der Waals surface area contributed by atoms with Crippen molar-refractivity contribution in [1.82, 2.24) is 5.32 Å². The van der Waals surface area contributed by atoms with Gasteiger partial charge in [0.25, 0.3) is 0 Å². The molecule has 0 saturated carbocycles. The molecule has 2 heteroatoms. The molecule has 0 aromatic heterocycles. The summed E-state index contributed by atoms with van der Waals surface area (Å²) >= 11 is 0. The normalized spacial score (nSPS) is 12.6. The molecule has 0 fully saturated rings. The van der Waals surface area contributed by atoms with Gasteiger partial charge in [0.2, 0.25) is 0 Å². The number of ether oxygens (including phenoxy) is 1. The predicted octanol–water partition coefficient (Wildman–Crippen LogP) is 3.72. The molecule has 0 spiro atoms. The van der Waals surface area contributed by atoms with Crippen molar-refractivity contribution >= 4 is 0 Å². The van der Waals surface area contributed by atoms with E-state index in [-0.39, 0.29) is 0 Å². The van der Waals surface area contributed by atoms with Crippen LogP contribution in [0.5, 0.6) is 0 Å². The van der Waals surface area contributed by atoms with Crippen molar-refractivity contribution in [2.45, 2.75) is 52.0 Å². The Bertz CT molecular complexity index is 321. The van der Waals surface area contributed by atoms with Crippen LogP contribution in [0.25, 0.3) is 0 Å². The van der Waals surface area contributed by atoms with Gasteiger partial charge in [-0.15, -0.1) is 0 Å². The van der Waals surface area contributed by atoms with Crippen LogP contribution < -0.4 is 5.32 Å². The average molecular weight is 263 g/mol. The van der Waals surface area contributed by atoms with E-state index in [2.05, 4.69) is 43.4 Å².